The Bertz CT molecular complexity index is 386. The van der Waals surface area contributed by atoms with Gasteiger partial charge in [-0.1, -0.05) is 0 Å². The number of aryl methyl sites for hydroxylation is 1. The maximum atomic E-state index is 11.0. The van der Waals surface area contributed by atoms with Crippen LogP contribution in [-0.2, 0) is 4.79 Å². The topological polar surface area (TPSA) is 63.5 Å². The number of anilines is 1. The third-order valence-electron chi connectivity index (χ3n) is 1.88. The minimum atomic E-state index is -0.441. The van der Waals surface area contributed by atoms with Crippen molar-refractivity contribution in [2.24, 2.45) is 0 Å². The standard InChI is InChI=1S/C8H10N2O3S/c1-5-7(10(12)13)4-8(14-5)9(3)6(2)11/h4H,1-3H3. The second kappa shape index (κ2) is 3.75. The quantitative estimate of drug-likeness (QED) is 0.558. The Kier molecular flexibility index (Phi) is 2.85. The Morgan fingerprint density at radius 2 is 2.21 bits per heavy atom. The number of nitrogens with zero attached hydrogens (tertiary/aromatic N) is 2. The number of hydrogen-bond donors (Lipinski definition) is 0. The first-order chi connectivity index (χ1) is 6.43. The second-order valence-electron chi connectivity index (χ2n) is 2.86. The monoisotopic (exact) mass is 214 g/mol. The van der Waals surface area contributed by atoms with Crippen LogP contribution in [0.1, 0.15) is 11.8 Å². The summed E-state index contributed by atoms with van der Waals surface area (Å²) in [6, 6.07) is 1.42. The van der Waals surface area contributed by atoms with Crippen LogP contribution in [0.2, 0.25) is 0 Å². The molecule has 0 aliphatic heterocycles. The van der Waals surface area contributed by atoms with Crippen LogP contribution in [0.25, 0.3) is 0 Å². The number of amides is 1. The first-order valence-corrected chi connectivity index (χ1v) is 4.74. The molecule has 6 heteroatoms. The van der Waals surface area contributed by atoms with Crippen LogP contribution in [0.5, 0.6) is 0 Å². The van der Waals surface area contributed by atoms with E-state index in [4.69, 9.17) is 0 Å². The number of nitro groups is 1. The fraction of sp³-hybridized carbons (Fsp3) is 0.375. The highest BCUT2D eigenvalue weighted by Gasteiger charge is 2.18. The molecule has 0 spiro atoms. The van der Waals surface area contributed by atoms with E-state index >= 15 is 0 Å². The molecule has 0 unspecified atom stereocenters. The molecule has 0 saturated heterocycles. The predicted octanol–water partition coefficient (Wildman–Crippen LogP) is 1.95. The molecule has 0 fully saturated rings. The molecule has 1 aromatic heterocycles. The Labute approximate surface area is 85.1 Å². The number of hydrogen-bond acceptors (Lipinski definition) is 4. The lowest BCUT2D eigenvalue weighted by Crippen LogP contribution is -2.21. The maximum Gasteiger partial charge on any atom is 0.285 e. The highest BCUT2D eigenvalue weighted by Crippen LogP contribution is 2.33. The van der Waals surface area contributed by atoms with Crippen LogP contribution < -0.4 is 4.90 Å². The smallest absolute Gasteiger partial charge is 0.285 e. The Morgan fingerprint density at radius 3 is 2.57 bits per heavy atom. The van der Waals surface area contributed by atoms with E-state index in [0.717, 1.165) is 0 Å². The second-order valence-corrected chi connectivity index (χ2v) is 4.10. The summed E-state index contributed by atoms with van der Waals surface area (Å²) >= 11 is 1.24. The van der Waals surface area contributed by atoms with Crippen molar-refractivity contribution >= 4 is 27.9 Å². The van der Waals surface area contributed by atoms with Gasteiger partial charge in [0.2, 0.25) is 5.91 Å². The fourth-order valence-corrected chi connectivity index (χ4v) is 1.95. The minimum Gasteiger partial charge on any atom is -0.307 e. The lowest BCUT2D eigenvalue weighted by molar-refractivity contribution is -0.385. The number of carbonyl (C=O) groups is 1. The summed E-state index contributed by atoms with van der Waals surface area (Å²) < 4.78 is 0. The first kappa shape index (κ1) is 10.6. The SMILES string of the molecule is CC(=O)N(C)c1cc([N+](=O)[O-])c(C)s1. The third kappa shape index (κ3) is 1.90. The highest BCUT2D eigenvalue weighted by molar-refractivity contribution is 7.16. The van der Waals surface area contributed by atoms with Gasteiger partial charge in [0.25, 0.3) is 5.69 Å². The molecule has 0 atom stereocenters. The van der Waals surface area contributed by atoms with Crippen LogP contribution in [-0.4, -0.2) is 17.9 Å². The van der Waals surface area contributed by atoms with Gasteiger partial charge in [0.1, 0.15) is 5.00 Å². The van der Waals surface area contributed by atoms with Gasteiger partial charge < -0.3 is 4.90 Å². The average Bonchev–Trinajstić information content (AvgIpc) is 2.45. The highest BCUT2D eigenvalue weighted by atomic mass is 32.1. The molecular formula is C8H10N2O3S. The van der Waals surface area contributed by atoms with E-state index in [2.05, 4.69) is 0 Å². The molecule has 0 N–H and O–H groups in total. The fourth-order valence-electron chi connectivity index (χ4n) is 0.959. The molecule has 76 valence electrons. The molecule has 1 amide bonds. The largest absolute Gasteiger partial charge is 0.307 e. The molecule has 0 aromatic carbocycles. The van der Waals surface area contributed by atoms with E-state index in [0.29, 0.717) is 9.88 Å². The molecule has 1 heterocycles. The van der Waals surface area contributed by atoms with E-state index in [1.807, 2.05) is 0 Å². The summed E-state index contributed by atoms with van der Waals surface area (Å²) in [5.74, 6) is -0.138. The predicted molar refractivity (Wildman–Crippen MR) is 54.8 cm³/mol. The molecular weight excluding hydrogens is 204 g/mol. The normalized spacial score (nSPS) is 9.93. The third-order valence-corrected chi connectivity index (χ3v) is 2.99. The number of thiophene rings is 1. The van der Waals surface area contributed by atoms with Gasteiger partial charge in [-0.3, -0.25) is 14.9 Å². The lowest BCUT2D eigenvalue weighted by Gasteiger charge is -2.10. The van der Waals surface area contributed by atoms with Gasteiger partial charge in [-0.2, -0.15) is 0 Å². The summed E-state index contributed by atoms with van der Waals surface area (Å²) in [7, 11) is 1.59. The molecule has 5 nitrogen and oxygen atoms in total. The van der Waals surface area contributed by atoms with Gasteiger partial charge in [-0.15, -0.1) is 11.3 Å². The van der Waals surface area contributed by atoms with Crippen LogP contribution >= 0.6 is 11.3 Å². The summed E-state index contributed by atoms with van der Waals surface area (Å²) in [4.78, 5) is 23.1. The van der Waals surface area contributed by atoms with Gasteiger partial charge in [-0.05, 0) is 6.92 Å². The molecule has 0 aliphatic rings. The minimum absolute atomic E-state index is 0.0677. The zero-order valence-electron chi connectivity index (χ0n) is 8.10. The lowest BCUT2D eigenvalue weighted by atomic mass is 10.4. The number of rotatable bonds is 2. The van der Waals surface area contributed by atoms with E-state index in [1.165, 1.54) is 29.2 Å². The van der Waals surface area contributed by atoms with Crippen molar-refractivity contribution in [3.05, 3.63) is 21.1 Å². The van der Waals surface area contributed by atoms with Gasteiger partial charge in [0.05, 0.1) is 15.9 Å². The van der Waals surface area contributed by atoms with Crippen molar-refractivity contribution in [3.8, 4) is 0 Å². The van der Waals surface area contributed by atoms with Crippen LogP contribution in [0.3, 0.4) is 0 Å². The summed E-state index contributed by atoms with van der Waals surface area (Å²) in [6.07, 6.45) is 0. The zero-order chi connectivity index (χ0) is 10.9. The Balaban J connectivity index is 3.08. The zero-order valence-corrected chi connectivity index (χ0v) is 8.92. The summed E-state index contributed by atoms with van der Waals surface area (Å²) in [6.45, 7) is 3.08. The van der Waals surface area contributed by atoms with Crippen molar-refractivity contribution in [3.63, 3.8) is 0 Å². The van der Waals surface area contributed by atoms with Crippen LogP contribution in [0, 0.1) is 17.0 Å². The molecule has 0 aliphatic carbocycles. The molecule has 0 bridgehead atoms. The van der Waals surface area contributed by atoms with E-state index < -0.39 is 4.92 Å². The van der Waals surface area contributed by atoms with Gasteiger partial charge in [0, 0.05) is 14.0 Å². The van der Waals surface area contributed by atoms with Gasteiger partial charge >= 0.3 is 0 Å². The van der Waals surface area contributed by atoms with E-state index in [1.54, 1.807) is 14.0 Å². The first-order valence-electron chi connectivity index (χ1n) is 3.92. The van der Waals surface area contributed by atoms with Crippen molar-refractivity contribution in [2.45, 2.75) is 13.8 Å². The molecule has 0 saturated carbocycles. The summed E-state index contributed by atoms with van der Waals surface area (Å²) in [5.41, 5.74) is 0.0677. The molecule has 1 rings (SSSR count). The van der Waals surface area contributed by atoms with Crippen molar-refractivity contribution < 1.29 is 9.72 Å². The molecule has 0 radical (unpaired) electrons. The summed E-state index contributed by atoms with van der Waals surface area (Å²) in [5, 5.41) is 11.1. The van der Waals surface area contributed by atoms with Crippen molar-refractivity contribution in [2.75, 3.05) is 11.9 Å². The van der Waals surface area contributed by atoms with E-state index in [-0.39, 0.29) is 11.6 Å². The average molecular weight is 214 g/mol. The van der Waals surface area contributed by atoms with Crippen molar-refractivity contribution in [1.82, 2.24) is 0 Å². The van der Waals surface area contributed by atoms with E-state index in [9.17, 15) is 14.9 Å². The maximum absolute atomic E-state index is 11.0. The van der Waals surface area contributed by atoms with Crippen LogP contribution in [0.4, 0.5) is 10.7 Å². The Hall–Kier alpha value is -1.43. The van der Waals surface area contributed by atoms with Gasteiger partial charge in [0.15, 0.2) is 0 Å². The van der Waals surface area contributed by atoms with Crippen LogP contribution in [0.15, 0.2) is 6.07 Å². The van der Waals surface area contributed by atoms with Crippen molar-refractivity contribution in [1.29, 1.82) is 0 Å². The molecule has 14 heavy (non-hydrogen) atoms. The number of carbonyl (C=O) groups excluding carboxylic acids is 1. The molecule has 1 aromatic rings. The van der Waals surface area contributed by atoms with Gasteiger partial charge in [-0.25, -0.2) is 0 Å². The Morgan fingerprint density at radius 1 is 1.64 bits per heavy atom.